The van der Waals surface area contributed by atoms with Gasteiger partial charge in [0.25, 0.3) is 0 Å². The third-order valence-corrected chi connectivity index (χ3v) is 4.14. The van der Waals surface area contributed by atoms with E-state index < -0.39 is 6.36 Å². The summed E-state index contributed by atoms with van der Waals surface area (Å²) < 4.78 is 40.7. The molecule has 0 atom stereocenters. The van der Waals surface area contributed by atoms with Crippen molar-refractivity contribution >= 4 is 16.8 Å². The number of fused-ring (bicyclic) bond motifs is 1. The fraction of sp³-hybridized carbons (Fsp3) is 0.0476. The number of halogens is 3. The Labute approximate surface area is 157 Å². The smallest absolute Gasteiger partial charge is 0.406 e. The first-order chi connectivity index (χ1) is 13.4. The number of carbonyl (C=O) groups is 1. The third kappa shape index (κ3) is 3.73. The maximum absolute atomic E-state index is 12.6. The molecule has 0 radical (unpaired) electrons. The van der Waals surface area contributed by atoms with Crippen LogP contribution in [-0.2, 0) is 0 Å². The number of hydrogen-bond acceptors (Lipinski definition) is 3. The molecule has 0 aliphatic heterocycles. The van der Waals surface area contributed by atoms with E-state index in [0.717, 1.165) is 5.52 Å². The van der Waals surface area contributed by atoms with Crippen molar-refractivity contribution in [1.29, 1.82) is 0 Å². The van der Waals surface area contributed by atoms with Gasteiger partial charge in [-0.3, -0.25) is 4.79 Å². The Balaban J connectivity index is 1.62. The zero-order chi connectivity index (χ0) is 19.7. The molecule has 4 nitrogen and oxygen atoms in total. The highest BCUT2D eigenvalue weighted by molar-refractivity contribution is 6.10. The molecule has 0 bridgehead atoms. The molecule has 140 valence electrons. The Kier molecular flexibility index (Phi) is 4.35. The number of nitrogens with one attached hydrogen (secondary N) is 1. The number of hydrogen-bond donors (Lipinski definition) is 1. The molecular weight excluding hydrogens is 369 g/mol. The van der Waals surface area contributed by atoms with Crippen LogP contribution in [-0.4, -0.2) is 22.1 Å². The molecule has 0 saturated heterocycles. The van der Waals surface area contributed by atoms with Crippen molar-refractivity contribution in [1.82, 2.24) is 9.97 Å². The summed E-state index contributed by atoms with van der Waals surface area (Å²) in [6.45, 7) is 0. The zero-order valence-corrected chi connectivity index (χ0v) is 14.3. The molecule has 28 heavy (non-hydrogen) atoms. The van der Waals surface area contributed by atoms with Gasteiger partial charge >= 0.3 is 6.36 Å². The van der Waals surface area contributed by atoms with Crippen LogP contribution in [0.25, 0.3) is 22.4 Å². The molecule has 3 aromatic carbocycles. The number of nitrogens with zero attached hydrogens (tertiary/aromatic N) is 1. The normalized spacial score (nSPS) is 11.5. The van der Waals surface area contributed by atoms with E-state index in [4.69, 9.17) is 0 Å². The molecule has 0 aliphatic carbocycles. The maximum atomic E-state index is 12.6. The summed E-state index contributed by atoms with van der Waals surface area (Å²) in [6.07, 6.45) is -4.73. The SMILES string of the molecule is O=C(c1ccccc1)c1ccc2[nH]c(-c3ccc(OC(F)(F)F)cc3)nc2c1. The lowest BCUT2D eigenvalue weighted by Crippen LogP contribution is -2.16. The van der Waals surface area contributed by atoms with Crippen molar-refractivity contribution in [2.24, 2.45) is 0 Å². The lowest BCUT2D eigenvalue weighted by atomic mass is 10.0. The first kappa shape index (κ1) is 17.8. The molecule has 0 unspecified atom stereocenters. The van der Waals surface area contributed by atoms with E-state index in [1.165, 1.54) is 24.3 Å². The molecule has 0 amide bonds. The van der Waals surface area contributed by atoms with Crippen molar-refractivity contribution in [2.75, 3.05) is 0 Å². The summed E-state index contributed by atoms with van der Waals surface area (Å²) in [5.74, 6) is 0.0710. The number of benzene rings is 3. The Morgan fingerprint density at radius 1 is 0.893 bits per heavy atom. The minimum absolute atomic E-state index is 0.110. The highest BCUT2D eigenvalue weighted by atomic mass is 19.4. The van der Waals surface area contributed by atoms with Gasteiger partial charge < -0.3 is 9.72 Å². The summed E-state index contributed by atoms with van der Waals surface area (Å²) in [6, 6.07) is 19.5. The standard InChI is InChI=1S/C21H13F3N2O2/c22-21(23,24)28-16-9-6-14(7-10-16)20-25-17-11-8-15(12-18(17)26-20)19(27)13-4-2-1-3-5-13/h1-12H,(H,25,26). The van der Waals surface area contributed by atoms with Crippen LogP contribution in [0, 0.1) is 0 Å². The Morgan fingerprint density at radius 3 is 2.29 bits per heavy atom. The van der Waals surface area contributed by atoms with Gasteiger partial charge in [0.05, 0.1) is 11.0 Å². The second-order valence-corrected chi connectivity index (χ2v) is 6.08. The van der Waals surface area contributed by atoms with E-state index in [2.05, 4.69) is 14.7 Å². The van der Waals surface area contributed by atoms with Crippen LogP contribution in [0.1, 0.15) is 15.9 Å². The third-order valence-electron chi connectivity index (χ3n) is 4.14. The first-order valence-corrected chi connectivity index (χ1v) is 8.35. The van der Waals surface area contributed by atoms with Crippen LogP contribution >= 0.6 is 0 Å². The highest BCUT2D eigenvalue weighted by Crippen LogP contribution is 2.27. The molecule has 4 rings (SSSR count). The van der Waals surface area contributed by atoms with Gasteiger partial charge in [-0.1, -0.05) is 30.3 Å². The van der Waals surface area contributed by atoms with Crippen molar-refractivity contribution < 1.29 is 22.7 Å². The lowest BCUT2D eigenvalue weighted by molar-refractivity contribution is -0.274. The van der Waals surface area contributed by atoms with Gasteiger partial charge in [0.15, 0.2) is 5.78 Å². The quantitative estimate of drug-likeness (QED) is 0.484. The Hall–Kier alpha value is -3.61. The van der Waals surface area contributed by atoms with E-state index in [1.54, 1.807) is 42.5 Å². The molecule has 0 spiro atoms. The van der Waals surface area contributed by atoms with E-state index >= 15 is 0 Å². The number of aromatic nitrogens is 2. The molecule has 1 N–H and O–H groups in total. The van der Waals surface area contributed by atoms with E-state index in [-0.39, 0.29) is 11.5 Å². The van der Waals surface area contributed by atoms with Gasteiger partial charge in [-0.15, -0.1) is 13.2 Å². The van der Waals surface area contributed by atoms with Crippen LogP contribution in [0.3, 0.4) is 0 Å². The number of rotatable bonds is 4. The number of imidazole rings is 1. The van der Waals surface area contributed by atoms with Crippen LogP contribution < -0.4 is 4.74 Å². The number of aromatic amines is 1. The second-order valence-electron chi connectivity index (χ2n) is 6.08. The molecule has 0 aliphatic rings. The summed E-state index contributed by atoms with van der Waals surface area (Å²) in [5, 5.41) is 0. The number of ether oxygens (including phenoxy) is 1. The van der Waals surface area contributed by atoms with Gasteiger partial charge in [0, 0.05) is 16.7 Å². The first-order valence-electron chi connectivity index (χ1n) is 8.35. The fourth-order valence-corrected chi connectivity index (χ4v) is 2.85. The summed E-state index contributed by atoms with van der Waals surface area (Å²) in [5.41, 5.74) is 2.99. The minimum Gasteiger partial charge on any atom is -0.406 e. The summed E-state index contributed by atoms with van der Waals surface area (Å²) in [7, 11) is 0. The van der Waals surface area contributed by atoms with Crippen LogP contribution in [0.4, 0.5) is 13.2 Å². The topological polar surface area (TPSA) is 55.0 Å². The number of alkyl halides is 3. The minimum atomic E-state index is -4.73. The number of carbonyl (C=O) groups excluding carboxylic acids is 1. The van der Waals surface area contributed by atoms with Crippen LogP contribution in [0.15, 0.2) is 72.8 Å². The predicted octanol–water partition coefficient (Wildman–Crippen LogP) is 5.36. The molecule has 1 heterocycles. The fourth-order valence-electron chi connectivity index (χ4n) is 2.85. The van der Waals surface area contributed by atoms with Crippen molar-refractivity contribution in [2.45, 2.75) is 6.36 Å². The van der Waals surface area contributed by atoms with Crippen molar-refractivity contribution in [3.63, 3.8) is 0 Å². The van der Waals surface area contributed by atoms with Gasteiger partial charge in [0.2, 0.25) is 0 Å². The monoisotopic (exact) mass is 382 g/mol. The van der Waals surface area contributed by atoms with Gasteiger partial charge in [-0.25, -0.2) is 4.98 Å². The van der Waals surface area contributed by atoms with Crippen LogP contribution in [0.5, 0.6) is 5.75 Å². The highest BCUT2D eigenvalue weighted by Gasteiger charge is 2.31. The number of ketones is 1. The van der Waals surface area contributed by atoms with Gasteiger partial charge in [-0.2, -0.15) is 0 Å². The Morgan fingerprint density at radius 2 is 1.61 bits per heavy atom. The molecule has 7 heteroatoms. The van der Waals surface area contributed by atoms with Crippen molar-refractivity contribution in [3.05, 3.63) is 83.9 Å². The predicted molar refractivity (Wildman–Crippen MR) is 98.1 cm³/mol. The molecule has 4 aromatic rings. The Bertz CT molecular complexity index is 1130. The number of H-pyrrole nitrogens is 1. The molecule has 0 saturated carbocycles. The second kappa shape index (κ2) is 6.84. The lowest BCUT2D eigenvalue weighted by Gasteiger charge is -2.08. The molecule has 1 aromatic heterocycles. The molecular formula is C21H13F3N2O2. The molecule has 0 fully saturated rings. The van der Waals surface area contributed by atoms with E-state index in [9.17, 15) is 18.0 Å². The maximum Gasteiger partial charge on any atom is 0.573 e. The average Bonchev–Trinajstić information content (AvgIpc) is 3.10. The van der Waals surface area contributed by atoms with Crippen LogP contribution in [0.2, 0.25) is 0 Å². The van der Waals surface area contributed by atoms with E-state index in [1.807, 2.05) is 6.07 Å². The largest absolute Gasteiger partial charge is 0.573 e. The zero-order valence-electron chi connectivity index (χ0n) is 14.3. The van der Waals surface area contributed by atoms with Gasteiger partial charge in [-0.05, 0) is 42.5 Å². The average molecular weight is 382 g/mol. The van der Waals surface area contributed by atoms with Gasteiger partial charge in [0.1, 0.15) is 11.6 Å². The summed E-state index contributed by atoms with van der Waals surface area (Å²) in [4.78, 5) is 20.1. The summed E-state index contributed by atoms with van der Waals surface area (Å²) >= 11 is 0. The van der Waals surface area contributed by atoms with E-state index in [0.29, 0.717) is 28.0 Å². The van der Waals surface area contributed by atoms with Crippen molar-refractivity contribution in [3.8, 4) is 17.1 Å².